The molecule has 1 N–H and O–H groups in total. The zero-order valence-corrected chi connectivity index (χ0v) is 11.6. The fraction of sp³-hybridized carbons (Fsp3) is 0.643. The summed E-state index contributed by atoms with van der Waals surface area (Å²) in [5.41, 5.74) is 0. The Kier molecular flexibility index (Phi) is 7.93. The second kappa shape index (κ2) is 9.58. The minimum Gasteiger partial charge on any atom is -0.449 e. The molecule has 0 fully saturated rings. The van der Waals surface area contributed by atoms with Gasteiger partial charge in [0.25, 0.3) is 0 Å². The summed E-state index contributed by atoms with van der Waals surface area (Å²) < 4.78 is 15.2. The summed E-state index contributed by atoms with van der Waals surface area (Å²) in [5.74, 6) is 0.656. The Morgan fingerprint density at radius 1 is 1.21 bits per heavy atom. The molecule has 1 amide bonds. The monoisotopic (exact) mass is 269 g/mol. The standard InChI is InChI=1S/C14H23NO4/c1-12-5-3-4-6-13(12)11-19-14(16)15-7-8-18-10-9-17-2/h3-6,12-13H,7-11H2,1-2H3,(H,15,16). The van der Waals surface area contributed by atoms with Gasteiger partial charge in [-0.2, -0.15) is 0 Å². The van der Waals surface area contributed by atoms with Crippen molar-refractivity contribution in [3.63, 3.8) is 0 Å². The fourth-order valence-electron chi connectivity index (χ4n) is 1.66. The molecule has 5 heteroatoms. The molecule has 0 aliphatic heterocycles. The van der Waals surface area contributed by atoms with Crippen LogP contribution in [0.5, 0.6) is 0 Å². The number of hydrogen-bond acceptors (Lipinski definition) is 4. The van der Waals surface area contributed by atoms with Crippen LogP contribution in [0.3, 0.4) is 0 Å². The largest absolute Gasteiger partial charge is 0.449 e. The Hall–Kier alpha value is -1.33. The number of methoxy groups -OCH3 is 1. The molecule has 2 unspecified atom stereocenters. The molecule has 108 valence electrons. The summed E-state index contributed by atoms with van der Waals surface area (Å²) in [7, 11) is 1.62. The normalized spacial score (nSPS) is 21.4. The molecule has 19 heavy (non-hydrogen) atoms. The molecule has 0 spiro atoms. The molecule has 0 radical (unpaired) electrons. The van der Waals surface area contributed by atoms with Gasteiger partial charge in [0.2, 0.25) is 0 Å². The molecule has 0 aromatic heterocycles. The van der Waals surface area contributed by atoms with Gasteiger partial charge in [-0.1, -0.05) is 31.2 Å². The molecule has 0 bridgehead atoms. The highest BCUT2D eigenvalue weighted by atomic mass is 16.5. The zero-order chi connectivity index (χ0) is 13.9. The van der Waals surface area contributed by atoms with Crippen LogP contribution in [0.2, 0.25) is 0 Å². The third-order valence-electron chi connectivity index (χ3n) is 2.91. The zero-order valence-electron chi connectivity index (χ0n) is 11.6. The molecule has 2 atom stereocenters. The predicted octanol–water partition coefficient (Wildman–Crippen LogP) is 1.75. The molecule has 1 aliphatic rings. The average molecular weight is 269 g/mol. The Labute approximate surface area is 114 Å². The first-order chi connectivity index (χ1) is 9.24. The van der Waals surface area contributed by atoms with Crippen LogP contribution in [-0.2, 0) is 14.2 Å². The number of carbonyl (C=O) groups is 1. The van der Waals surface area contributed by atoms with E-state index >= 15 is 0 Å². The Balaban J connectivity index is 2.02. The number of alkyl carbamates (subject to hydrolysis) is 1. The number of amides is 1. The number of nitrogens with one attached hydrogen (secondary N) is 1. The van der Waals surface area contributed by atoms with Crippen molar-refractivity contribution in [3.05, 3.63) is 24.3 Å². The lowest BCUT2D eigenvalue weighted by atomic mass is 9.91. The second-order valence-corrected chi connectivity index (χ2v) is 4.42. The van der Waals surface area contributed by atoms with E-state index in [-0.39, 0.29) is 5.92 Å². The van der Waals surface area contributed by atoms with E-state index in [0.717, 1.165) is 0 Å². The molecule has 1 rings (SSSR count). The Bertz CT molecular complexity index is 315. The van der Waals surface area contributed by atoms with E-state index in [9.17, 15) is 4.79 Å². The molecule has 1 aliphatic carbocycles. The number of rotatable bonds is 8. The van der Waals surface area contributed by atoms with Crippen LogP contribution in [0.15, 0.2) is 24.3 Å². The summed E-state index contributed by atoms with van der Waals surface area (Å²) >= 11 is 0. The van der Waals surface area contributed by atoms with E-state index in [1.54, 1.807) is 7.11 Å². The van der Waals surface area contributed by atoms with Crippen molar-refractivity contribution in [1.29, 1.82) is 0 Å². The summed E-state index contributed by atoms with van der Waals surface area (Å²) in [5, 5.41) is 2.64. The van der Waals surface area contributed by atoms with Crippen LogP contribution >= 0.6 is 0 Å². The molecule has 5 nitrogen and oxygen atoms in total. The van der Waals surface area contributed by atoms with Gasteiger partial charge < -0.3 is 19.5 Å². The van der Waals surface area contributed by atoms with Gasteiger partial charge in [0.15, 0.2) is 0 Å². The SMILES string of the molecule is COCCOCCNC(=O)OCC1C=CC=CC1C. The van der Waals surface area contributed by atoms with Crippen molar-refractivity contribution < 1.29 is 19.0 Å². The molecule has 0 aromatic carbocycles. The van der Waals surface area contributed by atoms with Gasteiger partial charge in [-0.3, -0.25) is 0 Å². The fourth-order valence-corrected chi connectivity index (χ4v) is 1.66. The van der Waals surface area contributed by atoms with E-state index in [4.69, 9.17) is 14.2 Å². The maximum Gasteiger partial charge on any atom is 0.407 e. The molecular formula is C14H23NO4. The highest BCUT2D eigenvalue weighted by Crippen LogP contribution is 2.18. The maximum atomic E-state index is 11.4. The van der Waals surface area contributed by atoms with Crippen LogP contribution < -0.4 is 5.32 Å². The minimum atomic E-state index is -0.398. The van der Waals surface area contributed by atoms with Crippen molar-refractivity contribution in [1.82, 2.24) is 5.32 Å². The quantitative estimate of drug-likeness (QED) is 0.682. The number of carbonyl (C=O) groups excluding carboxylic acids is 1. The van der Waals surface area contributed by atoms with Crippen LogP contribution in [0, 0.1) is 11.8 Å². The first-order valence-electron chi connectivity index (χ1n) is 6.56. The lowest BCUT2D eigenvalue weighted by Gasteiger charge is -2.20. The summed E-state index contributed by atoms with van der Waals surface area (Å²) in [4.78, 5) is 11.4. The van der Waals surface area contributed by atoms with Crippen molar-refractivity contribution >= 4 is 6.09 Å². The highest BCUT2D eigenvalue weighted by Gasteiger charge is 2.15. The molecular weight excluding hydrogens is 246 g/mol. The average Bonchev–Trinajstić information content (AvgIpc) is 2.42. The minimum absolute atomic E-state index is 0.258. The molecule has 0 aromatic rings. The van der Waals surface area contributed by atoms with Crippen molar-refractivity contribution in [2.24, 2.45) is 11.8 Å². The number of ether oxygens (including phenoxy) is 3. The smallest absolute Gasteiger partial charge is 0.407 e. The van der Waals surface area contributed by atoms with Crippen LogP contribution in [0.1, 0.15) is 6.92 Å². The van der Waals surface area contributed by atoms with E-state index in [1.807, 2.05) is 12.2 Å². The summed E-state index contributed by atoms with van der Waals surface area (Å²) in [6.07, 6.45) is 7.76. The van der Waals surface area contributed by atoms with Gasteiger partial charge in [-0.15, -0.1) is 0 Å². The number of hydrogen-bond donors (Lipinski definition) is 1. The third kappa shape index (κ3) is 6.98. The van der Waals surface area contributed by atoms with Crippen molar-refractivity contribution in [2.45, 2.75) is 6.92 Å². The van der Waals surface area contributed by atoms with Crippen molar-refractivity contribution in [2.75, 3.05) is 40.1 Å². The summed E-state index contributed by atoms with van der Waals surface area (Å²) in [6.45, 7) is 4.50. The van der Waals surface area contributed by atoms with Crippen LogP contribution in [0.25, 0.3) is 0 Å². The van der Waals surface area contributed by atoms with E-state index in [0.29, 0.717) is 38.9 Å². The summed E-state index contributed by atoms with van der Waals surface area (Å²) in [6, 6.07) is 0. The van der Waals surface area contributed by atoms with Gasteiger partial charge in [0.05, 0.1) is 26.4 Å². The number of allylic oxidation sites excluding steroid dienone is 3. The Morgan fingerprint density at radius 2 is 2.00 bits per heavy atom. The van der Waals surface area contributed by atoms with Gasteiger partial charge in [-0.05, 0) is 5.92 Å². The maximum absolute atomic E-state index is 11.4. The molecule has 0 heterocycles. The third-order valence-corrected chi connectivity index (χ3v) is 2.91. The molecule has 0 saturated heterocycles. The van der Waals surface area contributed by atoms with Crippen LogP contribution in [-0.4, -0.2) is 46.2 Å². The first kappa shape index (κ1) is 15.7. The highest BCUT2D eigenvalue weighted by molar-refractivity contribution is 5.67. The van der Waals surface area contributed by atoms with E-state index in [2.05, 4.69) is 24.4 Å². The van der Waals surface area contributed by atoms with Crippen LogP contribution in [0.4, 0.5) is 4.79 Å². The van der Waals surface area contributed by atoms with E-state index < -0.39 is 6.09 Å². The topological polar surface area (TPSA) is 56.8 Å². The van der Waals surface area contributed by atoms with E-state index in [1.165, 1.54) is 0 Å². The van der Waals surface area contributed by atoms with Crippen molar-refractivity contribution in [3.8, 4) is 0 Å². The van der Waals surface area contributed by atoms with Gasteiger partial charge in [0.1, 0.15) is 0 Å². The first-order valence-corrected chi connectivity index (χ1v) is 6.56. The molecule has 0 saturated carbocycles. The van der Waals surface area contributed by atoms with Gasteiger partial charge >= 0.3 is 6.09 Å². The van der Waals surface area contributed by atoms with Gasteiger partial charge in [-0.25, -0.2) is 4.79 Å². The lowest BCUT2D eigenvalue weighted by molar-refractivity contribution is 0.0699. The Morgan fingerprint density at radius 3 is 2.74 bits per heavy atom. The predicted molar refractivity (Wildman–Crippen MR) is 73.0 cm³/mol. The lowest BCUT2D eigenvalue weighted by Crippen LogP contribution is -2.30. The second-order valence-electron chi connectivity index (χ2n) is 4.42. The van der Waals surface area contributed by atoms with Gasteiger partial charge in [0, 0.05) is 19.6 Å².